The normalized spacial score (nSPS) is 11.7. The Bertz CT molecular complexity index is 465. The number of carbonyl (C=O) groups excluding carboxylic acids is 1. The summed E-state index contributed by atoms with van der Waals surface area (Å²) < 4.78 is 0. The van der Waals surface area contributed by atoms with E-state index in [1.54, 1.807) is 11.3 Å². The van der Waals surface area contributed by atoms with Crippen LogP contribution in [0.4, 0.5) is 0 Å². The molecule has 0 saturated carbocycles. The molecule has 1 heterocycles. The Morgan fingerprint density at radius 3 is 2.41 bits per heavy atom. The van der Waals surface area contributed by atoms with Crippen molar-refractivity contribution in [3.8, 4) is 0 Å². The van der Waals surface area contributed by atoms with Crippen molar-refractivity contribution in [3.05, 3.63) is 21.9 Å². The Hall–Kier alpha value is -1.16. The van der Waals surface area contributed by atoms with E-state index in [0.29, 0.717) is 6.42 Å². The van der Waals surface area contributed by atoms with E-state index in [9.17, 15) is 4.79 Å². The second-order valence-corrected chi connectivity index (χ2v) is 6.89. The van der Waals surface area contributed by atoms with Crippen molar-refractivity contribution in [2.24, 2.45) is 5.10 Å². The number of rotatable bonds is 11. The fraction of sp³-hybridized carbons (Fsp3) is 0.667. The lowest BCUT2D eigenvalue weighted by molar-refractivity contribution is -0.121. The quantitative estimate of drug-likeness (QED) is 0.335. The Morgan fingerprint density at radius 1 is 1.09 bits per heavy atom. The summed E-state index contributed by atoms with van der Waals surface area (Å²) in [5.41, 5.74) is 3.56. The Balaban J connectivity index is 2.17. The Labute approximate surface area is 139 Å². The summed E-state index contributed by atoms with van der Waals surface area (Å²) in [6.07, 6.45) is 10.2. The molecule has 0 atom stereocenters. The van der Waals surface area contributed by atoms with E-state index in [1.165, 1.54) is 37.0 Å². The van der Waals surface area contributed by atoms with E-state index in [0.717, 1.165) is 29.9 Å². The van der Waals surface area contributed by atoms with Gasteiger partial charge in [0.25, 0.3) is 0 Å². The molecule has 1 aromatic rings. The minimum absolute atomic E-state index is 0.0279. The highest BCUT2D eigenvalue weighted by Gasteiger charge is 2.04. The smallest absolute Gasteiger partial charge is 0.240 e. The predicted octanol–water partition coefficient (Wildman–Crippen LogP) is 5.29. The zero-order chi connectivity index (χ0) is 16.2. The van der Waals surface area contributed by atoms with Gasteiger partial charge in [-0.25, -0.2) is 5.43 Å². The van der Waals surface area contributed by atoms with Gasteiger partial charge >= 0.3 is 0 Å². The molecule has 0 aromatic carbocycles. The number of hydrazone groups is 1. The van der Waals surface area contributed by atoms with Crippen LogP contribution in [0, 0.1) is 0 Å². The molecular formula is C18H30N2OS. The van der Waals surface area contributed by atoms with Gasteiger partial charge in [-0.2, -0.15) is 5.10 Å². The van der Waals surface area contributed by atoms with Gasteiger partial charge in [0.05, 0.1) is 10.6 Å². The molecule has 1 rings (SSSR count). The Kier molecular flexibility index (Phi) is 9.80. The molecule has 4 heteroatoms. The zero-order valence-electron chi connectivity index (χ0n) is 14.3. The number of nitrogens with zero attached hydrogens (tertiary/aromatic N) is 1. The van der Waals surface area contributed by atoms with Gasteiger partial charge in [0.1, 0.15) is 0 Å². The maximum absolute atomic E-state index is 11.8. The summed E-state index contributed by atoms with van der Waals surface area (Å²) in [7, 11) is 0. The van der Waals surface area contributed by atoms with Crippen LogP contribution in [0.15, 0.2) is 17.2 Å². The first-order valence-electron chi connectivity index (χ1n) is 8.59. The summed E-state index contributed by atoms with van der Waals surface area (Å²) in [4.78, 5) is 14.2. The molecule has 124 valence electrons. The van der Waals surface area contributed by atoms with Gasteiger partial charge in [0.2, 0.25) is 5.91 Å². The van der Waals surface area contributed by atoms with Crippen molar-refractivity contribution in [1.29, 1.82) is 0 Å². The molecule has 0 aliphatic carbocycles. The minimum Gasteiger partial charge on any atom is -0.273 e. The first-order valence-corrected chi connectivity index (χ1v) is 9.41. The lowest BCUT2D eigenvalue weighted by Gasteiger charge is -2.02. The maximum atomic E-state index is 11.8. The van der Waals surface area contributed by atoms with Crippen LogP contribution in [0.5, 0.6) is 0 Å². The molecular weight excluding hydrogens is 292 g/mol. The lowest BCUT2D eigenvalue weighted by Crippen LogP contribution is -2.18. The highest BCUT2D eigenvalue weighted by Crippen LogP contribution is 2.17. The van der Waals surface area contributed by atoms with E-state index >= 15 is 0 Å². The molecule has 0 bridgehead atoms. The van der Waals surface area contributed by atoms with E-state index < -0.39 is 0 Å². The monoisotopic (exact) mass is 322 g/mol. The number of hydrogen-bond donors (Lipinski definition) is 1. The van der Waals surface area contributed by atoms with E-state index in [1.807, 2.05) is 6.92 Å². The molecule has 1 N–H and O–H groups in total. The average Bonchev–Trinajstić information content (AvgIpc) is 3.01. The molecule has 22 heavy (non-hydrogen) atoms. The molecule has 0 aliphatic heterocycles. The van der Waals surface area contributed by atoms with Crippen LogP contribution >= 0.6 is 11.3 Å². The van der Waals surface area contributed by atoms with Gasteiger partial charge in [-0.3, -0.25) is 4.79 Å². The number of nitrogens with one attached hydrogen (secondary N) is 1. The second kappa shape index (κ2) is 11.4. The number of unbranched alkanes of at least 4 members (excludes halogenated alkanes) is 6. The highest BCUT2D eigenvalue weighted by molar-refractivity contribution is 7.14. The molecule has 3 nitrogen and oxygen atoms in total. The van der Waals surface area contributed by atoms with Crippen molar-refractivity contribution < 1.29 is 4.79 Å². The van der Waals surface area contributed by atoms with Crippen LogP contribution in [0.3, 0.4) is 0 Å². The zero-order valence-corrected chi connectivity index (χ0v) is 15.1. The van der Waals surface area contributed by atoms with Crippen molar-refractivity contribution in [2.45, 2.75) is 78.6 Å². The van der Waals surface area contributed by atoms with Crippen LogP contribution in [-0.2, 0) is 11.2 Å². The van der Waals surface area contributed by atoms with Gasteiger partial charge in [-0.1, -0.05) is 52.4 Å². The van der Waals surface area contributed by atoms with E-state index in [-0.39, 0.29) is 5.91 Å². The largest absolute Gasteiger partial charge is 0.273 e. The third kappa shape index (κ3) is 7.74. The summed E-state index contributed by atoms with van der Waals surface area (Å²) in [5.74, 6) is 0.0279. The highest BCUT2D eigenvalue weighted by atomic mass is 32.1. The van der Waals surface area contributed by atoms with Crippen molar-refractivity contribution in [2.75, 3.05) is 0 Å². The molecule has 0 saturated heterocycles. The fourth-order valence-corrected chi connectivity index (χ4v) is 3.15. The molecule has 1 aromatic heterocycles. The minimum atomic E-state index is 0.0279. The van der Waals surface area contributed by atoms with Crippen LogP contribution in [-0.4, -0.2) is 11.6 Å². The topological polar surface area (TPSA) is 41.5 Å². The molecule has 0 radical (unpaired) electrons. The van der Waals surface area contributed by atoms with Gasteiger partial charge in [-0.05, 0) is 31.9 Å². The summed E-state index contributed by atoms with van der Waals surface area (Å²) in [5, 5.41) is 4.21. The molecule has 0 fully saturated rings. The second-order valence-electron chi connectivity index (χ2n) is 5.72. The van der Waals surface area contributed by atoms with Crippen molar-refractivity contribution >= 4 is 23.0 Å². The predicted molar refractivity (Wildman–Crippen MR) is 96.7 cm³/mol. The van der Waals surface area contributed by atoms with Crippen LogP contribution in [0.1, 0.15) is 81.9 Å². The first-order chi connectivity index (χ1) is 10.7. The van der Waals surface area contributed by atoms with Crippen LogP contribution in [0.25, 0.3) is 0 Å². The number of carbonyl (C=O) groups is 1. The van der Waals surface area contributed by atoms with E-state index in [2.05, 4.69) is 36.5 Å². The first kappa shape index (κ1) is 18.9. The maximum Gasteiger partial charge on any atom is 0.240 e. The molecule has 0 unspecified atom stereocenters. The molecule has 1 amide bonds. The molecule has 0 spiro atoms. The van der Waals surface area contributed by atoms with Gasteiger partial charge in [-0.15, -0.1) is 11.3 Å². The SMILES string of the molecule is CCCCCCCCCC(=O)NN=C(C)c1ccc(CC)s1. The number of thiophene rings is 1. The molecule has 0 aliphatic rings. The number of amides is 1. The summed E-state index contributed by atoms with van der Waals surface area (Å²) >= 11 is 1.74. The van der Waals surface area contributed by atoms with Crippen LogP contribution < -0.4 is 5.43 Å². The van der Waals surface area contributed by atoms with Crippen molar-refractivity contribution in [3.63, 3.8) is 0 Å². The summed E-state index contributed by atoms with van der Waals surface area (Å²) in [6.45, 7) is 6.32. The Morgan fingerprint density at radius 2 is 1.77 bits per heavy atom. The standard InChI is InChI=1S/C18H30N2OS/c1-4-6-7-8-9-10-11-12-18(21)20-19-15(3)17-14-13-16(5-2)22-17/h13-14H,4-12H2,1-3H3,(H,20,21). The van der Waals surface area contributed by atoms with Gasteiger partial charge in [0.15, 0.2) is 0 Å². The summed E-state index contributed by atoms with van der Waals surface area (Å²) in [6, 6.07) is 4.20. The number of hydrogen-bond acceptors (Lipinski definition) is 3. The lowest BCUT2D eigenvalue weighted by atomic mass is 10.1. The van der Waals surface area contributed by atoms with Crippen molar-refractivity contribution in [1.82, 2.24) is 5.43 Å². The van der Waals surface area contributed by atoms with Crippen LogP contribution in [0.2, 0.25) is 0 Å². The van der Waals surface area contributed by atoms with E-state index in [4.69, 9.17) is 0 Å². The average molecular weight is 323 g/mol. The number of aryl methyl sites for hydroxylation is 1. The fourth-order valence-electron chi connectivity index (χ4n) is 2.26. The van der Waals surface area contributed by atoms with Gasteiger partial charge in [0, 0.05) is 11.3 Å². The van der Waals surface area contributed by atoms with Gasteiger partial charge < -0.3 is 0 Å². The third-order valence-electron chi connectivity index (χ3n) is 3.72. The third-order valence-corrected chi connectivity index (χ3v) is 5.06.